The van der Waals surface area contributed by atoms with E-state index in [-0.39, 0.29) is 6.10 Å². The summed E-state index contributed by atoms with van der Waals surface area (Å²) in [4.78, 5) is 4.29. The van der Waals surface area contributed by atoms with Crippen molar-refractivity contribution in [2.45, 2.75) is 40.3 Å². The molecular formula is C14H25N3O. The fourth-order valence-electron chi connectivity index (χ4n) is 2.08. The number of nitrogens with zero attached hydrogens (tertiary/aromatic N) is 2. The molecule has 1 aromatic heterocycles. The highest BCUT2D eigenvalue weighted by Gasteiger charge is 2.24. The third kappa shape index (κ3) is 3.12. The molecule has 1 aliphatic rings. The first kappa shape index (κ1) is 13.6. The molecule has 0 amide bonds. The van der Waals surface area contributed by atoms with Crippen LogP contribution in [0.15, 0.2) is 12.5 Å². The number of imidazole rings is 1. The molecule has 0 radical (unpaired) electrons. The Morgan fingerprint density at radius 2 is 2.33 bits per heavy atom. The maximum Gasteiger partial charge on any atom is 0.111 e. The van der Waals surface area contributed by atoms with E-state index >= 15 is 0 Å². The highest BCUT2D eigenvalue weighted by atomic mass is 16.5. The van der Waals surface area contributed by atoms with Gasteiger partial charge in [-0.15, -0.1) is 0 Å². The Morgan fingerprint density at radius 3 is 2.94 bits per heavy atom. The predicted octanol–water partition coefficient (Wildman–Crippen LogP) is 2.23. The van der Waals surface area contributed by atoms with Crippen LogP contribution in [0.5, 0.6) is 0 Å². The molecule has 0 bridgehead atoms. The quantitative estimate of drug-likeness (QED) is 0.895. The number of hydrogen-bond acceptors (Lipinski definition) is 3. The maximum absolute atomic E-state index is 5.81. The first-order valence-electron chi connectivity index (χ1n) is 6.81. The number of rotatable bonds is 3. The summed E-state index contributed by atoms with van der Waals surface area (Å²) in [5.74, 6) is 0.599. The molecule has 4 heteroatoms. The summed E-state index contributed by atoms with van der Waals surface area (Å²) < 4.78 is 8.05. The smallest absolute Gasteiger partial charge is 0.111 e. The van der Waals surface area contributed by atoms with E-state index in [1.165, 1.54) is 5.69 Å². The fourth-order valence-corrected chi connectivity index (χ4v) is 2.08. The molecule has 0 aliphatic carbocycles. The first-order chi connectivity index (χ1) is 8.48. The second kappa shape index (κ2) is 5.41. The van der Waals surface area contributed by atoms with Gasteiger partial charge < -0.3 is 14.6 Å². The van der Waals surface area contributed by atoms with Crippen molar-refractivity contribution in [1.82, 2.24) is 14.9 Å². The van der Waals surface area contributed by atoms with Gasteiger partial charge >= 0.3 is 0 Å². The molecule has 1 N–H and O–H groups in total. The van der Waals surface area contributed by atoms with Crippen molar-refractivity contribution >= 4 is 0 Å². The van der Waals surface area contributed by atoms with Gasteiger partial charge in [-0.05, 0) is 11.3 Å². The molecule has 0 spiro atoms. The summed E-state index contributed by atoms with van der Waals surface area (Å²) in [5, 5.41) is 3.37. The molecule has 2 atom stereocenters. The van der Waals surface area contributed by atoms with E-state index in [9.17, 15) is 0 Å². The van der Waals surface area contributed by atoms with Crippen molar-refractivity contribution in [3.8, 4) is 0 Å². The molecule has 18 heavy (non-hydrogen) atoms. The fraction of sp³-hybridized carbons (Fsp3) is 0.786. The monoisotopic (exact) mass is 251 g/mol. The van der Waals surface area contributed by atoms with Crippen LogP contribution in [0.25, 0.3) is 0 Å². The van der Waals surface area contributed by atoms with Crippen LogP contribution in [0.3, 0.4) is 0 Å². The summed E-state index contributed by atoms with van der Waals surface area (Å²) >= 11 is 0. The molecule has 1 aliphatic heterocycles. The molecule has 2 rings (SSSR count). The van der Waals surface area contributed by atoms with Crippen LogP contribution < -0.4 is 5.32 Å². The second-order valence-corrected chi connectivity index (χ2v) is 6.30. The lowest BCUT2D eigenvalue weighted by molar-refractivity contribution is 0.0219. The van der Waals surface area contributed by atoms with Gasteiger partial charge in [-0.25, -0.2) is 4.98 Å². The van der Waals surface area contributed by atoms with Crippen LogP contribution in [-0.4, -0.2) is 29.2 Å². The van der Waals surface area contributed by atoms with Gasteiger partial charge in [-0.2, -0.15) is 0 Å². The van der Waals surface area contributed by atoms with Gasteiger partial charge in [-0.1, -0.05) is 27.7 Å². The summed E-state index contributed by atoms with van der Waals surface area (Å²) in [6, 6.07) is 0. The Balaban J connectivity index is 2.07. The van der Waals surface area contributed by atoms with Gasteiger partial charge in [0, 0.05) is 19.6 Å². The third-order valence-electron chi connectivity index (χ3n) is 3.95. The Hall–Kier alpha value is -0.870. The normalized spacial score (nSPS) is 23.0. The van der Waals surface area contributed by atoms with Gasteiger partial charge in [0.1, 0.15) is 6.10 Å². The average molecular weight is 251 g/mol. The SMILES string of the molecule is CC(Cn1cncc1C1CNCCO1)C(C)(C)C. The number of morpholine rings is 1. The van der Waals surface area contributed by atoms with E-state index in [0.29, 0.717) is 11.3 Å². The van der Waals surface area contributed by atoms with Crippen LogP contribution in [0.4, 0.5) is 0 Å². The predicted molar refractivity (Wildman–Crippen MR) is 72.4 cm³/mol. The minimum Gasteiger partial charge on any atom is -0.369 e. The first-order valence-corrected chi connectivity index (χ1v) is 6.81. The van der Waals surface area contributed by atoms with Crippen molar-refractivity contribution in [2.24, 2.45) is 11.3 Å². The minimum atomic E-state index is 0.147. The molecule has 4 nitrogen and oxygen atoms in total. The van der Waals surface area contributed by atoms with Gasteiger partial charge in [0.2, 0.25) is 0 Å². The van der Waals surface area contributed by atoms with E-state index in [0.717, 1.165) is 26.2 Å². The second-order valence-electron chi connectivity index (χ2n) is 6.30. The summed E-state index contributed by atoms with van der Waals surface area (Å²) in [6.07, 6.45) is 4.01. The van der Waals surface area contributed by atoms with Gasteiger partial charge in [-0.3, -0.25) is 0 Å². The molecule has 1 saturated heterocycles. The van der Waals surface area contributed by atoms with Gasteiger partial charge in [0.15, 0.2) is 0 Å². The Kier molecular flexibility index (Phi) is 4.07. The Morgan fingerprint density at radius 1 is 1.56 bits per heavy atom. The molecule has 2 heterocycles. The van der Waals surface area contributed by atoms with E-state index in [1.54, 1.807) is 0 Å². The van der Waals surface area contributed by atoms with Crippen molar-refractivity contribution < 1.29 is 4.74 Å². The molecule has 1 fully saturated rings. The third-order valence-corrected chi connectivity index (χ3v) is 3.95. The molecule has 102 valence electrons. The van der Waals surface area contributed by atoms with Crippen LogP contribution in [0.2, 0.25) is 0 Å². The van der Waals surface area contributed by atoms with Gasteiger partial charge in [0.05, 0.1) is 24.8 Å². The molecule has 0 aromatic carbocycles. The highest BCUT2D eigenvalue weighted by molar-refractivity contribution is 5.05. The lowest BCUT2D eigenvalue weighted by atomic mass is 9.82. The van der Waals surface area contributed by atoms with Gasteiger partial charge in [0.25, 0.3) is 0 Å². The molecule has 0 saturated carbocycles. The van der Waals surface area contributed by atoms with Crippen molar-refractivity contribution in [3.63, 3.8) is 0 Å². The zero-order chi connectivity index (χ0) is 13.2. The number of aromatic nitrogens is 2. The molecular weight excluding hydrogens is 226 g/mol. The van der Waals surface area contributed by atoms with E-state index in [2.05, 4.69) is 42.6 Å². The van der Waals surface area contributed by atoms with E-state index in [1.807, 2.05) is 12.5 Å². The summed E-state index contributed by atoms with van der Waals surface area (Å²) in [7, 11) is 0. The lowest BCUT2D eigenvalue weighted by Gasteiger charge is -2.30. The topological polar surface area (TPSA) is 39.1 Å². The highest BCUT2D eigenvalue weighted by Crippen LogP contribution is 2.28. The summed E-state index contributed by atoms with van der Waals surface area (Å²) in [6.45, 7) is 12.8. The van der Waals surface area contributed by atoms with Crippen LogP contribution in [-0.2, 0) is 11.3 Å². The Labute approximate surface area is 110 Å². The lowest BCUT2D eigenvalue weighted by Crippen LogP contribution is -2.34. The molecule has 2 unspecified atom stereocenters. The van der Waals surface area contributed by atoms with Crippen molar-refractivity contribution in [2.75, 3.05) is 19.7 Å². The van der Waals surface area contributed by atoms with Crippen molar-refractivity contribution in [1.29, 1.82) is 0 Å². The van der Waals surface area contributed by atoms with E-state index in [4.69, 9.17) is 4.74 Å². The number of ether oxygens (including phenoxy) is 1. The zero-order valence-electron chi connectivity index (χ0n) is 11.9. The molecule has 1 aromatic rings. The van der Waals surface area contributed by atoms with Crippen LogP contribution in [0, 0.1) is 11.3 Å². The zero-order valence-corrected chi connectivity index (χ0v) is 11.9. The maximum atomic E-state index is 5.81. The van der Waals surface area contributed by atoms with Crippen LogP contribution in [0.1, 0.15) is 39.5 Å². The summed E-state index contributed by atoms with van der Waals surface area (Å²) in [5.41, 5.74) is 1.51. The average Bonchev–Trinajstić information content (AvgIpc) is 2.77. The standard InChI is InChI=1S/C14H25N3O/c1-11(14(2,3)4)9-17-10-16-7-12(17)13-8-15-5-6-18-13/h7,10-11,13,15H,5-6,8-9H2,1-4H3. The number of nitrogens with one attached hydrogen (secondary N) is 1. The van der Waals surface area contributed by atoms with Crippen molar-refractivity contribution in [3.05, 3.63) is 18.2 Å². The van der Waals surface area contributed by atoms with E-state index < -0.39 is 0 Å². The van der Waals surface area contributed by atoms with Crippen LogP contribution >= 0.6 is 0 Å². The minimum absolute atomic E-state index is 0.147. The Bertz CT molecular complexity index is 375. The largest absolute Gasteiger partial charge is 0.369 e. The number of hydrogen-bond donors (Lipinski definition) is 1.